The standard InChI is InChI=1S/C49H88ClNO11/c1-6-7-8-9-10-11-12-13-14-15-16-17-20-23-27-42(53)59-38-49(57,37-52)62-44(55)28-24-21-18-19-22-25-34-51-35-26-29-43(54)60-40-32-33-48(56,36-50)46(45(40)58-5)47(4)41(61-47)31-30-39(2)3/h30,40-41,45-46,51-52,56-57H,6-29,31-38H2,1-5H3/t40-,41?,45-,46-,47+,48+,49+/m1/s1. The second-order valence-corrected chi connectivity index (χ2v) is 18.9. The molecule has 2 aliphatic rings. The zero-order chi connectivity index (χ0) is 45.7. The minimum Gasteiger partial charge on any atom is -0.460 e. The molecule has 0 amide bonds. The molecule has 7 atom stereocenters. The zero-order valence-corrected chi connectivity index (χ0v) is 40.3. The molecule has 62 heavy (non-hydrogen) atoms. The van der Waals surface area contributed by atoms with E-state index in [4.69, 9.17) is 35.3 Å². The topological polar surface area (TPSA) is 173 Å². The fraction of sp³-hybridized carbons (Fsp3) is 0.898. The summed E-state index contributed by atoms with van der Waals surface area (Å²) in [5.41, 5.74) is -0.606. The first kappa shape index (κ1) is 56.3. The number of carbonyl (C=O) groups is 3. The maximum Gasteiger partial charge on any atom is 0.308 e. The fourth-order valence-electron chi connectivity index (χ4n) is 8.86. The lowest BCUT2D eigenvalue weighted by molar-refractivity contribution is -0.241. The van der Waals surface area contributed by atoms with Gasteiger partial charge in [0.05, 0.1) is 23.5 Å². The summed E-state index contributed by atoms with van der Waals surface area (Å²) < 4.78 is 28.2. The van der Waals surface area contributed by atoms with Crippen LogP contribution in [-0.4, -0.2) is 108 Å². The van der Waals surface area contributed by atoms with Gasteiger partial charge >= 0.3 is 17.9 Å². The highest BCUT2D eigenvalue weighted by molar-refractivity contribution is 6.18. The highest BCUT2D eigenvalue weighted by Crippen LogP contribution is 2.55. The molecule has 0 aromatic heterocycles. The zero-order valence-electron chi connectivity index (χ0n) is 39.5. The van der Waals surface area contributed by atoms with E-state index >= 15 is 0 Å². The highest BCUT2D eigenvalue weighted by atomic mass is 35.5. The van der Waals surface area contributed by atoms with Crippen LogP contribution in [0.25, 0.3) is 0 Å². The summed E-state index contributed by atoms with van der Waals surface area (Å²) in [4.78, 5) is 37.4. The lowest BCUT2D eigenvalue weighted by Gasteiger charge is -2.48. The normalized spacial score (nSPS) is 24.3. The maximum absolute atomic E-state index is 12.9. The Morgan fingerprint density at radius 1 is 0.790 bits per heavy atom. The average Bonchev–Trinajstić information content (AvgIpc) is 3.92. The summed E-state index contributed by atoms with van der Waals surface area (Å²) in [7, 11) is 1.58. The quantitative estimate of drug-likeness (QED) is 0.00881. The molecule has 362 valence electrons. The summed E-state index contributed by atoms with van der Waals surface area (Å²) in [5, 5.41) is 35.1. The van der Waals surface area contributed by atoms with E-state index in [1.54, 1.807) is 7.11 Å². The Labute approximate surface area is 380 Å². The molecule has 4 N–H and O–H groups in total. The first-order valence-corrected chi connectivity index (χ1v) is 25.0. The van der Waals surface area contributed by atoms with Crippen LogP contribution in [0.3, 0.4) is 0 Å². The molecule has 12 nitrogen and oxygen atoms in total. The molecule has 1 aliphatic heterocycles. The Kier molecular flexibility index (Phi) is 29.0. The highest BCUT2D eigenvalue weighted by Gasteiger charge is 2.67. The third kappa shape index (κ3) is 22.4. The molecule has 1 saturated carbocycles. The summed E-state index contributed by atoms with van der Waals surface area (Å²) in [5.74, 6) is -4.01. The van der Waals surface area contributed by atoms with Crippen molar-refractivity contribution in [1.82, 2.24) is 5.32 Å². The number of methoxy groups -OCH3 is 1. The second-order valence-electron chi connectivity index (χ2n) is 18.6. The van der Waals surface area contributed by atoms with Gasteiger partial charge in [-0.2, -0.15) is 0 Å². The van der Waals surface area contributed by atoms with E-state index in [-0.39, 0.29) is 37.2 Å². The van der Waals surface area contributed by atoms with Crippen LogP contribution >= 0.6 is 11.6 Å². The minimum absolute atomic E-state index is 0.0500. The number of aliphatic hydroxyl groups excluding tert-OH is 1. The van der Waals surface area contributed by atoms with Gasteiger partial charge in [0.25, 0.3) is 5.79 Å². The number of hydrogen-bond donors (Lipinski definition) is 4. The number of aliphatic hydroxyl groups is 3. The van der Waals surface area contributed by atoms with Crippen molar-refractivity contribution >= 4 is 29.5 Å². The van der Waals surface area contributed by atoms with E-state index in [1.165, 1.54) is 76.2 Å². The van der Waals surface area contributed by atoms with Crippen molar-refractivity contribution in [2.75, 3.05) is 39.3 Å². The SMILES string of the molecule is CCCCCCCCCCCCCCCCC(=O)OC[C@](O)(CO)OC(=O)CCCCCCCCNCCCC(=O)O[C@@H]1CC[C@](O)(CCl)[C@@H]([C@@]2(C)OC2CC=C(C)C)[C@@H]1OC. The molecule has 2 rings (SSSR count). The summed E-state index contributed by atoms with van der Waals surface area (Å²) in [6, 6.07) is 0. The van der Waals surface area contributed by atoms with Crippen LogP contribution in [0.2, 0.25) is 0 Å². The van der Waals surface area contributed by atoms with Crippen LogP contribution in [0.1, 0.15) is 201 Å². The summed E-state index contributed by atoms with van der Waals surface area (Å²) in [6.45, 7) is 8.42. The number of carbonyl (C=O) groups excluding carboxylic acids is 3. The molecule has 0 radical (unpaired) electrons. The fourth-order valence-corrected chi connectivity index (χ4v) is 9.16. The Balaban J connectivity index is 1.47. The number of nitrogens with one attached hydrogen (secondary N) is 1. The summed E-state index contributed by atoms with van der Waals surface area (Å²) in [6.07, 6.45) is 26.5. The van der Waals surface area contributed by atoms with Crippen molar-refractivity contribution in [3.8, 4) is 0 Å². The number of halogens is 1. The maximum atomic E-state index is 12.9. The second kappa shape index (κ2) is 32.0. The Bertz CT molecular complexity index is 1270. The number of unbranched alkanes of at least 4 members (excludes halogenated alkanes) is 18. The molecule has 1 unspecified atom stereocenters. The lowest BCUT2D eigenvalue weighted by Crippen LogP contribution is -2.61. The van der Waals surface area contributed by atoms with Crippen molar-refractivity contribution in [3.63, 3.8) is 0 Å². The number of esters is 3. The Morgan fingerprint density at radius 2 is 1.31 bits per heavy atom. The molecule has 0 bridgehead atoms. The van der Waals surface area contributed by atoms with Gasteiger partial charge in [-0.1, -0.05) is 128 Å². The van der Waals surface area contributed by atoms with Crippen molar-refractivity contribution in [1.29, 1.82) is 0 Å². The van der Waals surface area contributed by atoms with Crippen molar-refractivity contribution in [2.24, 2.45) is 5.92 Å². The van der Waals surface area contributed by atoms with Gasteiger partial charge in [0.15, 0.2) is 6.61 Å². The van der Waals surface area contributed by atoms with Crippen LogP contribution in [0, 0.1) is 5.92 Å². The van der Waals surface area contributed by atoms with Gasteiger partial charge in [0.2, 0.25) is 0 Å². The van der Waals surface area contributed by atoms with Crippen LogP contribution in [0.15, 0.2) is 11.6 Å². The molecule has 0 spiro atoms. The van der Waals surface area contributed by atoms with Crippen LogP contribution in [0.4, 0.5) is 0 Å². The number of hydrogen-bond acceptors (Lipinski definition) is 12. The van der Waals surface area contributed by atoms with Gasteiger partial charge in [-0.25, -0.2) is 0 Å². The predicted octanol–water partition coefficient (Wildman–Crippen LogP) is 9.55. The molecule has 1 saturated heterocycles. The van der Waals surface area contributed by atoms with E-state index in [9.17, 15) is 29.7 Å². The lowest BCUT2D eigenvalue weighted by atomic mass is 9.66. The molecule has 2 fully saturated rings. The number of allylic oxidation sites excluding steroid dienone is 1. The average molecular weight is 903 g/mol. The van der Waals surface area contributed by atoms with E-state index in [1.807, 2.05) is 20.8 Å². The Hall–Kier alpha value is -1.80. The number of epoxide rings is 1. The number of ether oxygens (including phenoxy) is 5. The van der Waals surface area contributed by atoms with Crippen molar-refractivity contribution in [3.05, 3.63) is 11.6 Å². The van der Waals surface area contributed by atoms with E-state index < -0.39 is 60.3 Å². The molecule has 0 aromatic carbocycles. The van der Waals surface area contributed by atoms with Crippen molar-refractivity contribution in [2.45, 2.75) is 236 Å². The van der Waals surface area contributed by atoms with E-state index in [0.717, 1.165) is 57.9 Å². The molecule has 13 heteroatoms. The first-order chi connectivity index (χ1) is 29.8. The molecule has 1 heterocycles. The van der Waals surface area contributed by atoms with Gasteiger partial charge in [-0.15, -0.1) is 11.6 Å². The van der Waals surface area contributed by atoms with Crippen LogP contribution in [0.5, 0.6) is 0 Å². The number of rotatable bonds is 38. The van der Waals surface area contributed by atoms with E-state index in [2.05, 4.69) is 18.3 Å². The minimum atomic E-state index is -2.24. The van der Waals surface area contributed by atoms with Crippen LogP contribution in [-0.2, 0) is 38.1 Å². The predicted molar refractivity (Wildman–Crippen MR) is 245 cm³/mol. The number of alkyl halides is 1. The first-order valence-electron chi connectivity index (χ1n) is 24.5. The molecular weight excluding hydrogens is 814 g/mol. The van der Waals surface area contributed by atoms with Gasteiger partial charge in [0.1, 0.15) is 24.4 Å². The monoisotopic (exact) mass is 902 g/mol. The van der Waals surface area contributed by atoms with Crippen LogP contribution < -0.4 is 5.32 Å². The Morgan fingerprint density at radius 3 is 1.84 bits per heavy atom. The summed E-state index contributed by atoms with van der Waals surface area (Å²) >= 11 is 6.31. The third-order valence-corrected chi connectivity index (χ3v) is 13.2. The largest absolute Gasteiger partial charge is 0.460 e. The molecular formula is C49H88ClNO11. The van der Waals surface area contributed by atoms with Gasteiger partial charge in [-0.3, -0.25) is 14.4 Å². The molecule has 0 aromatic rings. The third-order valence-electron chi connectivity index (χ3n) is 12.7. The smallest absolute Gasteiger partial charge is 0.308 e. The van der Waals surface area contributed by atoms with Gasteiger partial charge in [-0.05, 0) is 78.8 Å². The van der Waals surface area contributed by atoms with Crippen molar-refractivity contribution < 1.29 is 53.4 Å². The van der Waals surface area contributed by atoms with Gasteiger partial charge < -0.3 is 44.3 Å². The van der Waals surface area contributed by atoms with Gasteiger partial charge in [0, 0.05) is 26.4 Å². The van der Waals surface area contributed by atoms with E-state index in [0.29, 0.717) is 38.6 Å². The molecule has 1 aliphatic carbocycles.